The highest BCUT2D eigenvalue weighted by atomic mass is 32.1. The van der Waals surface area contributed by atoms with Crippen LogP contribution in [0.1, 0.15) is 28.8 Å². The Bertz CT molecular complexity index is 666. The Hall–Kier alpha value is -2.05. The van der Waals surface area contributed by atoms with Crippen molar-refractivity contribution >= 4 is 17.2 Å². The average Bonchev–Trinajstić information content (AvgIpc) is 3.31. The SMILES string of the molecule is COc1cc(CNC(=O)c2ccsc2)ccc1OCC1CCCO1. The van der Waals surface area contributed by atoms with Crippen molar-refractivity contribution in [3.8, 4) is 11.5 Å². The minimum absolute atomic E-state index is 0.0751. The van der Waals surface area contributed by atoms with Crippen molar-refractivity contribution < 1.29 is 19.0 Å². The van der Waals surface area contributed by atoms with Gasteiger partial charge in [-0.2, -0.15) is 11.3 Å². The van der Waals surface area contributed by atoms with Crippen LogP contribution in [0.5, 0.6) is 11.5 Å². The third-order valence-corrected chi connectivity index (χ3v) is 4.60. The van der Waals surface area contributed by atoms with E-state index in [0.29, 0.717) is 30.2 Å². The summed E-state index contributed by atoms with van der Waals surface area (Å²) in [6.07, 6.45) is 2.29. The zero-order valence-corrected chi connectivity index (χ0v) is 14.4. The topological polar surface area (TPSA) is 56.8 Å². The molecule has 1 N–H and O–H groups in total. The van der Waals surface area contributed by atoms with Gasteiger partial charge in [0.25, 0.3) is 5.91 Å². The van der Waals surface area contributed by atoms with Crippen LogP contribution in [0.4, 0.5) is 0 Å². The molecule has 5 nitrogen and oxygen atoms in total. The van der Waals surface area contributed by atoms with Gasteiger partial charge in [0.05, 0.1) is 13.2 Å². The molecule has 24 heavy (non-hydrogen) atoms. The zero-order chi connectivity index (χ0) is 16.8. The molecule has 2 aromatic rings. The Morgan fingerprint density at radius 3 is 3.00 bits per heavy atom. The maximum Gasteiger partial charge on any atom is 0.252 e. The zero-order valence-electron chi connectivity index (χ0n) is 13.6. The van der Waals surface area contributed by atoms with Crippen LogP contribution in [0.2, 0.25) is 0 Å². The summed E-state index contributed by atoms with van der Waals surface area (Å²) < 4.78 is 16.8. The molecule has 0 aliphatic carbocycles. The van der Waals surface area contributed by atoms with Gasteiger partial charge in [0.15, 0.2) is 11.5 Å². The van der Waals surface area contributed by atoms with Gasteiger partial charge in [-0.15, -0.1) is 0 Å². The monoisotopic (exact) mass is 347 g/mol. The Morgan fingerprint density at radius 2 is 2.29 bits per heavy atom. The average molecular weight is 347 g/mol. The lowest BCUT2D eigenvalue weighted by Gasteiger charge is -2.15. The van der Waals surface area contributed by atoms with Crippen LogP contribution in [0.3, 0.4) is 0 Å². The number of amides is 1. The van der Waals surface area contributed by atoms with Crippen molar-refractivity contribution in [3.63, 3.8) is 0 Å². The first-order chi connectivity index (χ1) is 11.8. The molecule has 1 amide bonds. The number of benzene rings is 1. The molecule has 1 aliphatic rings. The van der Waals surface area contributed by atoms with Crippen molar-refractivity contribution in [1.29, 1.82) is 0 Å². The Balaban J connectivity index is 1.57. The number of carbonyl (C=O) groups excluding carboxylic acids is 1. The fourth-order valence-electron chi connectivity index (χ4n) is 2.58. The summed E-state index contributed by atoms with van der Waals surface area (Å²) in [7, 11) is 1.61. The highest BCUT2D eigenvalue weighted by molar-refractivity contribution is 7.08. The van der Waals surface area contributed by atoms with Crippen LogP contribution < -0.4 is 14.8 Å². The lowest BCUT2D eigenvalue weighted by molar-refractivity contribution is 0.0669. The van der Waals surface area contributed by atoms with Gasteiger partial charge in [-0.25, -0.2) is 0 Å². The Labute approximate surface area is 145 Å². The van der Waals surface area contributed by atoms with Crippen LogP contribution in [-0.2, 0) is 11.3 Å². The molecule has 6 heteroatoms. The van der Waals surface area contributed by atoms with E-state index in [1.807, 2.05) is 35.0 Å². The van der Waals surface area contributed by atoms with Crippen molar-refractivity contribution in [2.75, 3.05) is 20.3 Å². The van der Waals surface area contributed by atoms with Gasteiger partial charge in [0, 0.05) is 24.1 Å². The first-order valence-corrected chi connectivity index (χ1v) is 8.92. The van der Waals surface area contributed by atoms with E-state index >= 15 is 0 Å². The second-order valence-electron chi connectivity index (χ2n) is 5.63. The lowest BCUT2D eigenvalue weighted by Crippen LogP contribution is -2.22. The molecule has 0 saturated carbocycles. The molecule has 1 unspecified atom stereocenters. The molecule has 1 aromatic carbocycles. The summed E-state index contributed by atoms with van der Waals surface area (Å²) in [5.41, 5.74) is 1.64. The number of thiophene rings is 1. The maximum absolute atomic E-state index is 12.0. The summed E-state index contributed by atoms with van der Waals surface area (Å²) in [5, 5.41) is 6.62. The number of hydrogen-bond acceptors (Lipinski definition) is 5. The highest BCUT2D eigenvalue weighted by Crippen LogP contribution is 2.29. The fourth-order valence-corrected chi connectivity index (χ4v) is 3.21. The molecule has 2 heterocycles. The first-order valence-electron chi connectivity index (χ1n) is 7.98. The maximum atomic E-state index is 12.0. The van der Waals surface area contributed by atoms with Crippen LogP contribution in [0, 0.1) is 0 Å². The molecule has 1 saturated heterocycles. The predicted molar refractivity (Wildman–Crippen MR) is 93.0 cm³/mol. The van der Waals surface area contributed by atoms with Crippen LogP contribution in [0.15, 0.2) is 35.0 Å². The van der Waals surface area contributed by atoms with Crippen molar-refractivity contribution in [2.45, 2.75) is 25.5 Å². The van der Waals surface area contributed by atoms with Crippen LogP contribution >= 0.6 is 11.3 Å². The smallest absolute Gasteiger partial charge is 0.252 e. The summed E-state index contributed by atoms with van der Waals surface area (Å²) in [4.78, 5) is 12.0. The first kappa shape index (κ1) is 16.8. The van der Waals surface area contributed by atoms with E-state index in [9.17, 15) is 4.79 Å². The minimum atomic E-state index is -0.0751. The third kappa shape index (κ3) is 4.27. The molecule has 0 bridgehead atoms. The van der Waals surface area contributed by atoms with Gasteiger partial charge >= 0.3 is 0 Å². The molecular formula is C18H21NO4S. The van der Waals surface area contributed by atoms with Crippen molar-refractivity contribution in [3.05, 3.63) is 46.2 Å². The van der Waals surface area contributed by atoms with Gasteiger partial charge < -0.3 is 19.5 Å². The number of nitrogens with one attached hydrogen (secondary N) is 1. The van der Waals surface area contributed by atoms with Crippen molar-refractivity contribution in [1.82, 2.24) is 5.32 Å². The molecule has 0 radical (unpaired) electrons. The standard InChI is InChI=1S/C18H21NO4S/c1-21-17-9-13(10-19-18(20)14-6-8-24-12-14)4-5-16(17)23-11-15-3-2-7-22-15/h4-6,8-9,12,15H,2-3,7,10-11H2,1H3,(H,19,20). The highest BCUT2D eigenvalue weighted by Gasteiger charge is 2.17. The summed E-state index contributed by atoms with van der Waals surface area (Å²) in [6, 6.07) is 7.50. The number of ether oxygens (including phenoxy) is 3. The van der Waals surface area contributed by atoms with E-state index in [-0.39, 0.29) is 12.0 Å². The van der Waals surface area contributed by atoms with Gasteiger partial charge in [-0.05, 0) is 42.0 Å². The Morgan fingerprint density at radius 1 is 1.38 bits per heavy atom. The normalized spacial score (nSPS) is 16.8. The second kappa shape index (κ2) is 8.17. The van der Waals surface area contributed by atoms with E-state index < -0.39 is 0 Å². The fraction of sp³-hybridized carbons (Fsp3) is 0.389. The number of methoxy groups -OCH3 is 1. The van der Waals surface area contributed by atoms with Gasteiger partial charge in [0.1, 0.15) is 6.61 Å². The summed E-state index contributed by atoms with van der Waals surface area (Å²) >= 11 is 1.51. The molecule has 1 fully saturated rings. The molecular weight excluding hydrogens is 326 g/mol. The van der Waals surface area contributed by atoms with Gasteiger partial charge in [0.2, 0.25) is 0 Å². The van der Waals surface area contributed by atoms with E-state index in [0.717, 1.165) is 25.0 Å². The molecule has 1 atom stereocenters. The van der Waals surface area contributed by atoms with E-state index in [1.54, 1.807) is 7.11 Å². The predicted octanol–water partition coefficient (Wildman–Crippen LogP) is 3.24. The molecule has 1 aromatic heterocycles. The third-order valence-electron chi connectivity index (χ3n) is 3.91. The molecule has 1 aliphatic heterocycles. The van der Waals surface area contributed by atoms with Gasteiger partial charge in [-0.3, -0.25) is 4.79 Å². The van der Waals surface area contributed by atoms with Gasteiger partial charge in [-0.1, -0.05) is 6.07 Å². The molecule has 128 valence electrons. The molecule has 0 spiro atoms. The quantitative estimate of drug-likeness (QED) is 0.835. The molecule has 3 rings (SSSR count). The largest absolute Gasteiger partial charge is 0.493 e. The van der Waals surface area contributed by atoms with E-state index in [2.05, 4.69) is 5.32 Å². The second-order valence-corrected chi connectivity index (χ2v) is 6.41. The lowest BCUT2D eigenvalue weighted by atomic mass is 10.2. The van der Waals surface area contributed by atoms with Crippen molar-refractivity contribution in [2.24, 2.45) is 0 Å². The van der Waals surface area contributed by atoms with E-state index in [1.165, 1.54) is 11.3 Å². The van der Waals surface area contributed by atoms with E-state index in [4.69, 9.17) is 14.2 Å². The van der Waals surface area contributed by atoms with Crippen LogP contribution in [-0.4, -0.2) is 32.3 Å². The number of rotatable bonds is 7. The Kier molecular flexibility index (Phi) is 5.72. The number of hydrogen-bond donors (Lipinski definition) is 1. The summed E-state index contributed by atoms with van der Waals surface area (Å²) in [5.74, 6) is 1.28. The number of carbonyl (C=O) groups is 1. The van der Waals surface area contributed by atoms with Crippen LogP contribution in [0.25, 0.3) is 0 Å². The summed E-state index contributed by atoms with van der Waals surface area (Å²) in [6.45, 7) is 1.79. The minimum Gasteiger partial charge on any atom is -0.493 e.